The summed E-state index contributed by atoms with van der Waals surface area (Å²) in [5, 5.41) is 13.0. The Balaban J connectivity index is 1.95. The van der Waals surface area contributed by atoms with Crippen LogP contribution < -0.4 is 0 Å². The molecule has 5 heteroatoms. The molecule has 25 heavy (non-hydrogen) atoms. The van der Waals surface area contributed by atoms with Gasteiger partial charge in [-0.2, -0.15) is 5.26 Å². The van der Waals surface area contributed by atoms with E-state index in [1.165, 1.54) is 16.9 Å². The molecular weight excluding hydrogens is 371 g/mol. The van der Waals surface area contributed by atoms with Crippen LogP contribution in [0.15, 0.2) is 47.8 Å². The molecule has 0 saturated carbocycles. The van der Waals surface area contributed by atoms with Gasteiger partial charge in [-0.1, -0.05) is 66.5 Å². The number of halogens is 2. The first-order valence-corrected chi connectivity index (χ1v) is 9.37. The van der Waals surface area contributed by atoms with E-state index in [1.54, 1.807) is 18.2 Å². The van der Waals surface area contributed by atoms with E-state index < -0.39 is 0 Å². The largest absolute Gasteiger partial charge is 0.235 e. The number of nitrogens with zero attached hydrogens (tertiary/aromatic N) is 2. The lowest BCUT2D eigenvalue weighted by atomic mass is 10.1. The highest BCUT2D eigenvalue weighted by Gasteiger charge is 2.11. The van der Waals surface area contributed by atoms with E-state index in [-0.39, 0.29) is 0 Å². The smallest absolute Gasteiger partial charge is 0.134 e. The molecular formula is C20H14Cl2N2S. The van der Waals surface area contributed by atoms with Gasteiger partial charge < -0.3 is 0 Å². The summed E-state index contributed by atoms with van der Waals surface area (Å²) in [5.74, 6) is 0. The van der Waals surface area contributed by atoms with Gasteiger partial charge in [0.2, 0.25) is 0 Å². The van der Waals surface area contributed by atoms with Crippen LogP contribution in [-0.4, -0.2) is 4.98 Å². The standard InChI is InChI=1S/C20H14Cl2N2S/c1-2-13-6-8-14(9-7-13)18-12-25-20(24-18)16(11-23)10-15-4-3-5-17(21)19(15)22/h3-10,12H,2H2,1H3/b16-10-. The monoisotopic (exact) mass is 384 g/mol. The summed E-state index contributed by atoms with van der Waals surface area (Å²) in [6.45, 7) is 2.13. The van der Waals surface area contributed by atoms with Gasteiger partial charge in [0.15, 0.2) is 0 Å². The third kappa shape index (κ3) is 3.93. The average molecular weight is 385 g/mol. The number of hydrogen-bond acceptors (Lipinski definition) is 3. The summed E-state index contributed by atoms with van der Waals surface area (Å²) in [6.07, 6.45) is 2.72. The second-order valence-electron chi connectivity index (χ2n) is 5.40. The van der Waals surface area contributed by atoms with Crippen LogP contribution in [0.5, 0.6) is 0 Å². The van der Waals surface area contributed by atoms with Crippen LogP contribution in [0.1, 0.15) is 23.1 Å². The molecule has 0 aliphatic heterocycles. The zero-order valence-corrected chi connectivity index (χ0v) is 15.8. The van der Waals surface area contributed by atoms with Gasteiger partial charge in [0.1, 0.15) is 11.1 Å². The van der Waals surface area contributed by atoms with E-state index in [0.717, 1.165) is 17.7 Å². The van der Waals surface area contributed by atoms with Crippen molar-refractivity contribution in [1.82, 2.24) is 4.98 Å². The van der Waals surface area contributed by atoms with Crippen molar-refractivity contribution in [2.24, 2.45) is 0 Å². The molecule has 124 valence electrons. The van der Waals surface area contributed by atoms with Crippen molar-refractivity contribution in [3.05, 3.63) is 74.0 Å². The molecule has 1 aromatic heterocycles. The summed E-state index contributed by atoms with van der Waals surface area (Å²) in [7, 11) is 0. The number of benzene rings is 2. The lowest BCUT2D eigenvalue weighted by molar-refractivity contribution is 1.14. The first kappa shape index (κ1) is 17.7. The van der Waals surface area contributed by atoms with E-state index >= 15 is 0 Å². The molecule has 2 nitrogen and oxygen atoms in total. The van der Waals surface area contributed by atoms with Crippen molar-refractivity contribution < 1.29 is 0 Å². The van der Waals surface area contributed by atoms with Crippen molar-refractivity contribution in [2.75, 3.05) is 0 Å². The number of rotatable bonds is 4. The highest BCUT2D eigenvalue weighted by atomic mass is 35.5. The Hall–Kier alpha value is -2.12. The fourth-order valence-corrected chi connectivity index (χ4v) is 3.53. The van der Waals surface area contributed by atoms with E-state index in [0.29, 0.717) is 26.2 Å². The van der Waals surface area contributed by atoms with Crippen molar-refractivity contribution >= 4 is 46.2 Å². The highest BCUT2D eigenvalue weighted by Crippen LogP contribution is 2.31. The summed E-state index contributed by atoms with van der Waals surface area (Å²) in [5.41, 5.74) is 4.35. The molecule has 0 aliphatic carbocycles. The predicted octanol–water partition coefficient (Wildman–Crippen LogP) is 6.74. The first-order chi connectivity index (χ1) is 12.1. The van der Waals surface area contributed by atoms with Crippen molar-refractivity contribution in [3.8, 4) is 17.3 Å². The maximum Gasteiger partial charge on any atom is 0.134 e. The highest BCUT2D eigenvalue weighted by molar-refractivity contribution is 7.11. The molecule has 1 heterocycles. The number of aryl methyl sites for hydroxylation is 1. The second-order valence-corrected chi connectivity index (χ2v) is 7.04. The average Bonchev–Trinajstić information content (AvgIpc) is 3.13. The van der Waals surface area contributed by atoms with E-state index in [1.807, 2.05) is 11.4 Å². The van der Waals surface area contributed by atoms with Gasteiger partial charge in [0, 0.05) is 10.9 Å². The number of hydrogen-bond donors (Lipinski definition) is 0. The molecule has 3 rings (SSSR count). The van der Waals surface area contributed by atoms with Crippen molar-refractivity contribution in [1.29, 1.82) is 5.26 Å². The molecule has 0 radical (unpaired) electrons. The molecule has 0 unspecified atom stereocenters. The molecule has 3 aromatic rings. The Kier molecular flexibility index (Phi) is 5.55. The van der Waals surface area contributed by atoms with Crippen molar-refractivity contribution in [2.45, 2.75) is 13.3 Å². The van der Waals surface area contributed by atoms with E-state index in [4.69, 9.17) is 23.2 Å². The topological polar surface area (TPSA) is 36.7 Å². The summed E-state index contributed by atoms with van der Waals surface area (Å²) >= 11 is 13.7. The molecule has 0 atom stereocenters. The van der Waals surface area contributed by atoms with Gasteiger partial charge >= 0.3 is 0 Å². The summed E-state index contributed by atoms with van der Waals surface area (Å²) < 4.78 is 0. The SMILES string of the molecule is CCc1ccc(-c2csc(/C(C#N)=C\c3cccc(Cl)c3Cl)n2)cc1. The Morgan fingerprint density at radius 3 is 2.64 bits per heavy atom. The van der Waals surface area contributed by atoms with Gasteiger partial charge in [-0.05, 0) is 29.7 Å². The van der Waals surface area contributed by atoms with Crippen LogP contribution >= 0.6 is 34.5 Å². The van der Waals surface area contributed by atoms with Crippen LogP contribution in [0.2, 0.25) is 10.0 Å². The number of allylic oxidation sites excluding steroid dienone is 1. The zero-order chi connectivity index (χ0) is 17.8. The van der Waals surface area contributed by atoms with Gasteiger partial charge in [0.05, 0.1) is 21.3 Å². The third-order valence-corrected chi connectivity index (χ3v) is 5.50. The molecule has 0 N–H and O–H groups in total. The van der Waals surface area contributed by atoms with Gasteiger partial charge in [0.25, 0.3) is 0 Å². The maximum absolute atomic E-state index is 9.52. The Labute approximate surface area is 161 Å². The van der Waals surface area contributed by atoms with E-state index in [9.17, 15) is 5.26 Å². The minimum Gasteiger partial charge on any atom is -0.235 e. The molecule has 0 amide bonds. The van der Waals surface area contributed by atoms with Gasteiger partial charge in [-0.25, -0.2) is 4.98 Å². The third-order valence-electron chi connectivity index (χ3n) is 3.79. The minimum absolute atomic E-state index is 0.434. The van der Waals surface area contributed by atoms with Gasteiger partial charge in [-0.15, -0.1) is 11.3 Å². The van der Waals surface area contributed by atoms with Crippen LogP contribution in [0, 0.1) is 11.3 Å². The lowest BCUT2D eigenvalue weighted by Gasteiger charge is -2.01. The van der Waals surface area contributed by atoms with Crippen molar-refractivity contribution in [3.63, 3.8) is 0 Å². The fraction of sp³-hybridized carbons (Fsp3) is 0.100. The minimum atomic E-state index is 0.434. The van der Waals surface area contributed by atoms with Crippen LogP contribution in [0.25, 0.3) is 22.9 Å². The van der Waals surface area contributed by atoms with Crippen LogP contribution in [-0.2, 0) is 6.42 Å². The number of thiazole rings is 1. The molecule has 0 bridgehead atoms. The normalized spacial score (nSPS) is 11.4. The first-order valence-electron chi connectivity index (χ1n) is 7.73. The van der Waals surface area contributed by atoms with Crippen LogP contribution in [0.3, 0.4) is 0 Å². The Bertz CT molecular complexity index is 966. The Morgan fingerprint density at radius 1 is 1.20 bits per heavy atom. The molecule has 0 aliphatic rings. The second kappa shape index (κ2) is 7.84. The Morgan fingerprint density at radius 2 is 1.96 bits per heavy atom. The van der Waals surface area contributed by atoms with Gasteiger partial charge in [-0.3, -0.25) is 0 Å². The van der Waals surface area contributed by atoms with Crippen LogP contribution in [0.4, 0.5) is 0 Å². The summed E-state index contributed by atoms with van der Waals surface area (Å²) in [4.78, 5) is 4.61. The predicted molar refractivity (Wildman–Crippen MR) is 107 cm³/mol. The summed E-state index contributed by atoms with van der Waals surface area (Å²) in [6, 6.07) is 15.9. The number of aromatic nitrogens is 1. The fourth-order valence-electron chi connectivity index (χ4n) is 2.37. The molecule has 0 spiro atoms. The molecule has 0 saturated heterocycles. The van der Waals surface area contributed by atoms with E-state index in [2.05, 4.69) is 42.2 Å². The number of nitriles is 1. The quantitative estimate of drug-likeness (QED) is 0.466. The molecule has 0 fully saturated rings. The lowest BCUT2D eigenvalue weighted by Crippen LogP contribution is -1.85. The zero-order valence-electron chi connectivity index (χ0n) is 13.5. The maximum atomic E-state index is 9.52. The molecule has 2 aromatic carbocycles.